The molecular weight excluding hydrogens is 210 g/mol. The van der Waals surface area contributed by atoms with Gasteiger partial charge in [0.25, 0.3) is 0 Å². The van der Waals surface area contributed by atoms with Crippen molar-refractivity contribution in [2.24, 2.45) is 16.8 Å². The van der Waals surface area contributed by atoms with Gasteiger partial charge in [0.1, 0.15) is 0 Å². The molecule has 1 aliphatic heterocycles. The molecule has 0 aromatic heterocycles. The number of aliphatic hydroxyl groups is 1. The first-order valence-electron chi connectivity index (χ1n) is 5.20. The van der Waals surface area contributed by atoms with Crippen molar-refractivity contribution in [3.63, 3.8) is 0 Å². The molecule has 1 N–H and O–H groups in total. The number of likely N-dealkylation sites (tertiary alicyclic amines) is 1. The van der Waals surface area contributed by atoms with Gasteiger partial charge in [-0.25, -0.2) is 0 Å². The van der Waals surface area contributed by atoms with E-state index in [4.69, 9.17) is 5.26 Å². The number of thioether (sulfide) groups is 1. The van der Waals surface area contributed by atoms with Crippen molar-refractivity contribution in [2.75, 3.05) is 19.3 Å². The SMILES string of the molecule is CSC(=NC#N)N1CC2CCC(O)C2C1. The molecule has 1 saturated heterocycles. The molecule has 15 heavy (non-hydrogen) atoms. The lowest BCUT2D eigenvalue weighted by molar-refractivity contribution is 0.129. The lowest BCUT2D eigenvalue weighted by Gasteiger charge is -2.19. The summed E-state index contributed by atoms with van der Waals surface area (Å²) in [6.45, 7) is 1.80. The number of rotatable bonds is 0. The summed E-state index contributed by atoms with van der Waals surface area (Å²) < 4.78 is 0. The third kappa shape index (κ3) is 1.97. The summed E-state index contributed by atoms with van der Waals surface area (Å²) in [4.78, 5) is 5.94. The fourth-order valence-electron chi connectivity index (χ4n) is 2.68. The molecule has 0 bridgehead atoms. The van der Waals surface area contributed by atoms with Crippen LogP contribution in [0.25, 0.3) is 0 Å². The van der Waals surface area contributed by atoms with Gasteiger partial charge in [-0.15, -0.1) is 4.99 Å². The van der Waals surface area contributed by atoms with E-state index >= 15 is 0 Å². The van der Waals surface area contributed by atoms with Gasteiger partial charge in [-0.3, -0.25) is 0 Å². The van der Waals surface area contributed by atoms with Gasteiger partial charge in [0.2, 0.25) is 6.19 Å². The molecule has 0 aromatic carbocycles. The van der Waals surface area contributed by atoms with E-state index in [-0.39, 0.29) is 6.10 Å². The molecule has 1 aliphatic carbocycles. The number of nitrogens with zero attached hydrogens (tertiary/aromatic N) is 3. The molecule has 1 saturated carbocycles. The third-order valence-corrected chi connectivity index (χ3v) is 4.13. The first-order valence-corrected chi connectivity index (χ1v) is 6.42. The Morgan fingerprint density at radius 2 is 2.33 bits per heavy atom. The summed E-state index contributed by atoms with van der Waals surface area (Å²) in [6, 6.07) is 0. The number of aliphatic imine (C=N–C) groups is 1. The molecule has 0 radical (unpaired) electrons. The summed E-state index contributed by atoms with van der Waals surface area (Å²) >= 11 is 1.50. The molecule has 0 spiro atoms. The summed E-state index contributed by atoms with van der Waals surface area (Å²) in [6.07, 6.45) is 5.66. The molecule has 2 fully saturated rings. The van der Waals surface area contributed by atoms with E-state index in [2.05, 4.69) is 9.89 Å². The second-order valence-electron chi connectivity index (χ2n) is 4.17. The minimum Gasteiger partial charge on any atom is -0.393 e. The molecule has 5 heteroatoms. The Hall–Kier alpha value is -0.730. The van der Waals surface area contributed by atoms with Crippen LogP contribution < -0.4 is 0 Å². The minimum atomic E-state index is -0.148. The Kier molecular flexibility index (Phi) is 3.17. The highest BCUT2D eigenvalue weighted by Crippen LogP contribution is 2.38. The maximum Gasteiger partial charge on any atom is 0.208 e. The van der Waals surface area contributed by atoms with E-state index in [1.54, 1.807) is 0 Å². The van der Waals surface area contributed by atoms with Crippen molar-refractivity contribution in [1.29, 1.82) is 5.26 Å². The van der Waals surface area contributed by atoms with Gasteiger partial charge >= 0.3 is 0 Å². The zero-order valence-electron chi connectivity index (χ0n) is 8.76. The van der Waals surface area contributed by atoms with Crippen LogP contribution in [0.2, 0.25) is 0 Å². The predicted octanol–water partition coefficient (Wildman–Crippen LogP) is 0.889. The van der Waals surface area contributed by atoms with E-state index in [0.717, 1.165) is 31.1 Å². The average Bonchev–Trinajstić information content (AvgIpc) is 2.78. The first kappa shape index (κ1) is 10.8. The van der Waals surface area contributed by atoms with Crippen LogP contribution in [0.5, 0.6) is 0 Å². The number of aliphatic hydroxyl groups excluding tert-OH is 1. The van der Waals surface area contributed by atoms with E-state index < -0.39 is 0 Å². The topological polar surface area (TPSA) is 59.6 Å². The lowest BCUT2D eigenvalue weighted by atomic mass is 10.00. The number of nitriles is 1. The Labute approximate surface area is 94.0 Å². The molecule has 3 unspecified atom stereocenters. The highest BCUT2D eigenvalue weighted by atomic mass is 32.2. The zero-order valence-corrected chi connectivity index (χ0v) is 9.57. The number of fused-ring (bicyclic) bond motifs is 1. The van der Waals surface area contributed by atoms with E-state index in [1.165, 1.54) is 11.8 Å². The fourth-order valence-corrected chi connectivity index (χ4v) is 3.22. The van der Waals surface area contributed by atoms with Gasteiger partial charge in [-0.1, -0.05) is 11.8 Å². The Balaban J connectivity index is 2.04. The normalized spacial score (nSPS) is 35.4. The fraction of sp³-hybridized carbons (Fsp3) is 0.800. The predicted molar refractivity (Wildman–Crippen MR) is 60.4 cm³/mol. The third-order valence-electron chi connectivity index (χ3n) is 3.42. The molecule has 82 valence electrons. The highest BCUT2D eigenvalue weighted by Gasteiger charge is 2.42. The summed E-state index contributed by atoms with van der Waals surface area (Å²) in [5, 5.41) is 19.1. The Bertz CT molecular complexity index is 312. The molecule has 4 nitrogen and oxygen atoms in total. The van der Waals surface area contributed by atoms with Crippen LogP contribution in [-0.2, 0) is 0 Å². The Morgan fingerprint density at radius 1 is 1.53 bits per heavy atom. The monoisotopic (exact) mass is 225 g/mol. The number of amidine groups is 1. The van der Waals surface area contributed by atoms with Crippen LogP contribution in [0.3, 0.4) is 0 Å². The largest absolute Gasteiger partial charge is 0.393 e. The van der Waals surface area contributed by atoms with Crippen molar-refractivity contribution in [3.05, 3.63) is 0 Å². The van der Waals surface area contributed by atoms with Crippen LogP contribution >= 0.6 is 11.8 Å². The summed E-state index contributed by atoms with van der Waals surface area (Å²) in [7, 11) is 0. The van der Waals surface area contributed by atoms with Gasteiger partial charge in [0.05, 0.1) is 6.10 Å². The van der Waals surface area contributed by atoms with Crippen LogP contribution in [0.4, 0.5) is 0 Å². The van der Waals surface area contributed by atoms with E-state index in [0.29, 0.717) is 11.8 Å². The summed E-state index contributed by atoms with van der Waals surface area (Å²) in [5.41, 5.74) is 0. The van der Waals surface area contributed by atoms with E-state index in [9.17, 15) is 5.11 Å². The average molecular weight is 225 g/mol. The number of hydrogen-bond acceptors (Lipinski definition) is 4. The van der Waals surface area contributed by atoms with Crippen LogP contribution in [0.15, 0.2) is 4.99 Å². The standard InChI is InChI=1S/C10H15N3OS/c1-15-10(12-6-11)13-4-7-2-3-9(14)8(7)5-13/h7-9,14H,2-5H2,1H3. The van der Waals surface area contributed by atoms with E-state index in [1.807, 2.05) is 12.4 Å². The molecule has 0 amide bonds. The zero-order chi connectivity index (χ0) is 10.8. The molecule has 0 aromatic rings. The van der Waals surface area contributed by atoms with Crippen LogP contribution in [0, 0.1) is 23.3 Å². The maximum absolute atomic E-state index is 9.76. The van der Waals surface area contributed by atoms with Crippen molar-refractivity contribution in [1.82, 2.24) is 4.90 Å². The van der Waals surface area contributed by atoms with Crippen molar-refractivity contribution >= 4 is 16.9 Å². The highest BCUT2D eigenvalue weighted by molar-refractivity contribution is 8.13. The van der Waals surface area contributed by atoms with Crippen LogP contribution in [0.1, 0.15) is 12.8 Å². The van der Waals surface area contributed by atoms with Gasteiger partial charge in [0, 0.05) is 19.0 Å². The second kappa shape index (κ2) is 4.42. The molecule has 3 atom stereocenters. The van der Waals surface area contributed by atoms with Crippen molar-refractivity contribution in [2.45, 2.75) is 18.9 Å². The van der Waals surface area contributed by atoms with Gasteiger partial charge in [-0.05, 0) is 25.0 Å². The smallest absolute Gasteiger partial charge is 0.208 e. The van der Waals surface area contributed by atoms with Gasteiger partial charge < -0.3 is 10.0 Å². The molecular formula is C10H15N3OS. The molecule has 1 heterocycles. The second-order valence-corrected chi connectivity index (χ2v) is 4.95. The minimum absolute atomic E-state index is 0.148. The van der Waals surface area contributed by atoms with Crippen molar-refractivity contribution in [3.8, 4) is 6.19 Å². The molecule has 2 rings (SSSR count). The van der Waals surface area contributed by atoms with Crippen LogP contribution in [-0.4, -0.2) is 40.6 Å². The summed E-state index contributed by atoms with van der Waals surface area (Å²) in [5.74, 6) is 0.983. The quantitative estimate of drug-likeness (QED) is 0.378. The molecule has 2 aliphatic rings. The number of hydrogen-bond donors (Lipinski definition) is 1. The van der Waals surface area contributed by atoms with Gasteiger partial charge in [0.15, 0.2) is 5.17 Å². The first-order chi connectivity index (χ1) is 7.26. The van der Waals surface area contributed by atoms with Gasteiger partial charge in [-0.2, -0.15) is 5.26 Å². The Morgan fingerprint density at radius 3 is 2.93 bits per heavy atom. The lowest BCUT2D eigenvalue weighted by Crippen LogP contribution is -2.28. The van der Waals surface area contributed by atoms with Crippen molar-refractivity contribution < 1.29 is 5.11 Å². The maximum atomic E-state index is 9.76.